The van der Waals surface area contributed by atoms with Crippen LogP contribution in [0.3, 0.4) is 0 Å². The minimum atomic E-state index is -4.46. The summed E-state index contributed by atoms with van der Waals surface area (Å²) in [6.45, 7) is 0.402. The van der Waals surface area contributed by atoms with Crippen LogP contribution in [0.2, 0.25) is 0 Å². The number of carbonyl (C=O) groups excluding carboxylic acids is 1. The van der Waals surface area contributed by atoms with Crippen molar-refractivity contribution in [1.82, 2.24) is 0 Å². The van der Waals surface area contributed by atoms with Gasteiger partial charge in [0.1, 0.15) is 0 Å². The summed E-state index contributed by atoms with van der Waals surface area (Å²) in [5, 5.41) is 0. The minimum Gasteiger partial charge on any atom is -0.379 e. The van der Waals surface area contributed by atoms with Gasteiger partial charge in [0, 0.05) is 12.1 Å². The van der Waals surface area contributed by atoms with Gasteiger partial charge >= 0.3 is 6.18 Å². The SMILES string of the molecule is NCC1(C(=O)c2cccc(C(F)(F)F)c2)COC1. The fraction of sp³-hybridized carbons (Fsp3) is 0.417. The molecule has 98 valence electrons. The van der Waals surface area contributed by atoms with Crippen molar-refractivity contribution < 1.29 is 22.7 Å². The highest BCUT2D eigenvalue weighted by atomic mass is 19.4. The van der Waals surface area contributed by atoms with Crippen molar-refractivity contribution in [3.8, 4) is 0 Å². The van der Waals surface area contributed by atoms with Gasteiger partial charge < -0.3 is 10.5 Å². The second-order valence-corrected chi connectivity index (χ2v) is 4.38. The van der Waals surface area contributed by atoms with Gasteiger partial charge in [0.15, 0.2) is 5.78 Å². The van der Waals surface area contributed by atoms with Gasteiger partial charge in [-0.05, 0) is 12.1 Å². The first-order valence-corrected chi connectivity index (χ1v) is 5.39. The zero-order chi connectivity index (χ0) is 13.4. The van der Waals surface area contributed by atoms with Crippen LogP contribution in [0.5, 0.6) is 0 Å². The van der Waals surface area contributed by atoms with Crippen molar-refractivity contribution in [2.75, 3.05) is 19.8 Å². The van der Waals surface area contributed by atoms with Crippen molar-refractivity contribution in [1.29, 1.82) is 0 Å². The Bertz CT molecular complexity index is 461. The lowest BCUT2D eigenvalue weighted by molar-refractivity contribution is -0.137. The molecule has 0 aromatic heterocycles. The van der Waals surface area contributed by atoms with E-state index in [1.807, 2.05) is 0 Å². The third-order valence-electron chi connectivity index (χ3n) is 3.08. The Kier molecular flexibility index (Phi) is 3.16. The van der Waals surface area contributed by atoms with E-state index in [-0.39, 0.29) is 31.1 Å². The maximum Gasteiger partial charge on any atom is 0.416 e. The zero-order valence-corrected chi connectivity index (χ0v) is 9.46. The largest absolute Gasteiger partial charge is 0.416 e. The summed E-state index contributed by atoms with van der Waals surface area (Å²) in [4.78, 5) is 12.1. The van der Waals surface area contributed by atoms with Crippen LogP contribution >= 0.6 is 0 Å². The predicted molar refractivity (Wildman–Crippen MR) is 58.1 cm³/mol. The van der Waals surface area contributed by atoms with Crippen molar-refractivity contribution in [2.45, 2.75) is 6.18 Å². The molecule has 0 spiro atoms. The Balaban J connectivity index is 2.32. The molecule has 0 amide bonds. The molecular formula is C12H12F3NO2. The average Bonchev–Trinajstić information content (AvgIpc) is 2.27. The van der Waals surface area contributed by atoms with Gasteiger partial charge in [-0.1, -0.05) is 12.1 Å². The number of hydrogen-bond donors (Lipinski definition) is 1. The summed E-state index contributed by atoms with van der Waals surface area (Å²) in [7, 11) is 0. The molecule has 0 aliphatic carbocycles. The summed E-state index contributed by atoms with van der Waals surface area (Å²) >= 11 is 0. The van der Waals surface area contributed by atoms with E-state index in [9.17, 15) is 18.0 Å². The zero-order valence-electron chi connectivity index (χ0n) is 9.46. The molecule has 0 radical (unpaired) electrons. The molecule has 2 rings (SSSR count). The van der Waals surface area contributed by atoms with Gasteiger partial charge in [-0.25, -0.2) is 0 Å². The van der Waals surface area contributed by atoms with Crippen LogP contribution in [0.1, 0.15) is 15.9 Å². The molecule has 6 heteroatoms. The number of rotatable bonds is 3. The lowest BCUT2D eigenvalue weighted by atomic mass is 9.78. The van der Waals surface area contributed by atoms with Crippen LogP contribution in [-0.2, 0) is 10.9 Å². The second kappa shape index (κ2) is 4.37. The number of ketones is 1. The molecule has 3 nitrogen and oxygen atoms in total. The molecule has 1 aromatic carbocycles. The molecular weight excluding hydrogens is 247 g/mol. The van der Waals surface area contributed by atoms with Crippen molar-refractivity contribution >= 4 is 5.78 Å². The van der Waals surface area contributed by atoms with Crippen molar-refractivity contribution in [3.05, 3.63) is 35.4 Å². The van der Waals surface area contributed by atoms with Gasteiger partial charge in [-0.15, -0.1) is 0 Å². The van der Waals surface area contributed by atoms with Gasteiger partial charge in [0.25, 0.3) is 0 Å². The Morgan fingerprint density at radius 1 is 1.39 bits per heavy atom. The van der Waals surface area contributed by atoms with Crippen LogP contribution in [0.25, 0.3) is 0 Å². The second-order valence-electron chi connectivity index (χ2n) is 4.38. The molecule has 1 aliphatic rings. The molecule has 0 unspecified atom stereocenters. The summed E-state index contributed by atoms with van der Waals surface area (Å²) in [6.07, 6.45) is -4.46. The molecule has 1 aromatic rings. The number of hydrogen-bond acceptors (Lipinski definition) is 3. The van der Waals surface area contributed by atoms with Gasteiger partial charge in [0.2, 0.25) is 0 Å². The fourth-order valence-electron chi connectivity index (χ4n) is 1.83. The van der Waals surface area contributed by atoms with E-state index in [1.165, 1.54) is 12.1 Å². The van der Waals surface area contributed by atoms with E-state index in [0.29, 0.717) is 0 Å². The molecule has 1 heterocycles. The molecule has 1 aliphatic heterocycles. The summed E-state index contributed by atoms with van der Waals surface area (Å²) in [6, 6.07) is 4.38. The van der Waals surface area contributed by atoms with Crippen LogP contribution in [0, 0.1) is 5.41 Å². The maximum atomic E-state index is 12.5. The predicted octanol–water partition coefficient (Wildman–Crippen LogP) is 1.86. The number of benzene rings is 1. The van der Waals surface area contributed by atoms with E-state index >= 15 is 0 Å². The lowest BCUT2D eigenvalue weighted by Gasteiger charge is -2.38. The van der Waals surface area contributed by atoms with Gasteiger partial charge in [0.05, 0.1) is 24.2 Å². The lowest BCUT2D eigenvalue weighted by Crippen LogP contribution is -2.54. The quantitative estimate of drug-likeness (QED) is 0.843. The number of ether oxygens (including phenoxy) is 1. The van der Waals surface area contributed by atoms with Crippen LogP contribution < -0.4 is 5.73 Å². The first kappa shape index (κ1) is 13.0. The first-order chi connectivity index (χ1) is 8.39. The van der Waals surface area contributed by atoms with Crippen LogP contribution in [0.15, 0.2) is 24.3 Å². The third kappa shape index (κ3) is 2.13. The monoisotopic (exact) mass is 259 g/mol. The van der Waals surface area contributed by atoms with Crippen LogP contribution in [0.4, 0.5) is 13.2 Å². The number of Topliss-reactive ketones (excluding diaryl/α,β-unsaturated/α-hetero) is 1. The number of alkyl halides is 3. The normalized spacial score (nSPS) is 18.2. The Labute approximate surface area is 102 Å². The molecule has 1 saturated heterocycles. The smallest absolute Gasteiger partial charge is 0.379 e. The Morgan fingerprint density at radius 3 is 2.50 bits per heavy atom. The fourth-order valence-corrected chi connectivity index (χ4v) is 1.83. The maximum absolute atomic E-state index is 12.5. The Morgan fingerprint density at radius 2 is 2.06 bits per heavy atom. The third-order valence-corrected chi connectivity index (χ3v) is 3.08. The van der Waals surface area contributed by atoms with Crippen molar-refractivity contribution in [2.24, 2.45) is 11.1 Å². The van der Waals surface area contributed by atoms with E-state index in [1.54, 1.807) is 0 Å². The Hall–Kier alpha value is -1.40. The van der Waals surface area contributed by atoms with Crippen molar-refractivity contribution in [3.63, 3.8) is 0 Å². The van der Waals surface area contributed by atoms with E-state index in [2.05, 4.69) is 0 Å². The summed E-state index contributed by atoms with van der Waals surface area (Å²) < 4.78 is 42.6. The number of nitrogens with two attached hydrogens (primary N) is 1. The average molecular weight is 259 g/mol. The minimum absolute atomic E-state index is 0.0265. The van der Waals surface area contributed by atoms with Crippen LogP contribution in [-0.4, -0.2) is 25.5 Å². The topological polar surface area (TPSA) is 52.3 Å². The van der Waals surface area contributed by atoms with Gasteiger partial charge in [-0.3, -0.25) is 4.79 Å². The molecule has 2 N–H and O–H groups in total. The molecule has 0 saturated carbocycles. The molecule has 0 atom stereocenters. The van der Waals surface area contributed by atoms with E-state index in [4.69, 9.17) is 10.5 Å². The van der Waals surface area contributed by atoms with E-state index < -0.39 is 17.2 Å². The molecule has 18 heavy (non-hydrogen) atoms. The highest BCUT2D eigenvalue weighted by Crippen LogP contribution is 2.33. The molecule has 1 fully saturated rings. The standard InChI is InChI=1S/C12H12F3NO2/c13-12(14,15)9-3-1-2-8(4-9)10(17)11(5-16)6-18-7-11/h1-4H,5-7,16H2. The molecule has 0 bridgehead atoms. The summed E-state index contributed by atoms with van der Waals surface area (Å²) in [5.41, 5.74) is 3.84. The number of halogens is 3. The summed E-state index contributed by atoms with van der Waals surface area (Å²) in [5.74, 6) is -0.387. The first-order valence-electron chi connectivity index (χ1n) is 5.39. The highest BCUT2D eigenvalue weighted by molar-refractivity contribution is 6.01. The number of carbonyl (C=O) groups is 1. The van der Waals surface area contributed by atoms with Gasteiger partial charge in [-0.2, -0.15) is 13.2 Å². The van der Waals surface area contributed by atoms with E-state index in [0.717, 1.165) is 12.1 Å². The highest BCUT2D eigenvalue weighted by Gasteiger charge is 2.45.